The number of carbonyl (C=O) groups excluding carboxylic acids is 2. The molecule has 3 heterocycles. The molecule has 0 saturated carbocycles. The van der Waals surface area contributed by atoms with E-state index in [0.29, 0.717) is 52.5 Å². The van der Waals surface area contributed by atoms with E-state index in [9.17, 15) is 9.59 Å². The molecule has 0 aliphatic carbocycles. The topological polar surface area (TPSA) is 93.0 Å². The van der Waals surface area contributed by atoms with E-state index in [0.717, 1.165) is 0 Å². The van der Waals surface area contributed by atoms with Crippen LogP contribution < -0.4 is 0 Å². The van der Waals surface area contributed by atoms with Gasteiger partial charge in [-0.1, -0.05) is 0 Å². The highest BCUT2D eigenvalue weighted by molar-refractivity contribution is 5.90. The molecule has 26 heavy (non-hydrogen) atoms. The Balaban J connectivity index is 1.70. The SMILES string of the molecule is CN(C)C(=O)CN1CCOCC2(C1)CN(C(=O)c1ncn(C)n1)CCO2. The first kappa shape index (κ1) is 18.7. The summed E-state index contributed by atoms with van der Waals surface area (Å²) in [5.74, 6) is -0.00403. The second-order valence-corrected chi connectivity index (χ2v) is 7.05. The standard InChI is InChI=1S/C16H26N6O4/c1-19(2)13(23)8-21-4-6-25-11-16(9-21)10-22(5-7-26-16)15(24)14-17-12-20(3)18-14/h12H,4-11H2,1-3H3. The third-order valence-corrected chi connectivity index (χ3v) is 4.61. The maximum atomic E-state index is 12.7. The zero-order valence-electron chi connectivity index (χ0n) is 15.6. The van der Waals surface area contributed by atoms with Gasteiger partial charge in [0.2, 0.25) is 11.7 Å². The van der Waals surface area contributed by atoms with Crippen LogP contribution in [0.4, 0.5) is 0 Å². The van der Waals surface area contributed by atoms with Gasteiger partial charge in [-0.2, -0.15) is 0 Å². The average molecular weight is 366 g/mol. The van der Waals surface area contributed by atoms with Crippen molar-refractivity contribution in [2.75, 3.05) is 66.6 Å². The largest absolute Gasteiger partial charge is 0.377 e. The highest BCUT2D eigenvalue weighted by Gasteiger charge is 2.42. The first-order chi connectivity index (χ1) is 12.4. The van der Waals surface area contributed by atoms with Crippen molar-refractivity contribution in [1.82, 2.24) is 29.5 Å². The van der Waals surface area contributed by atoms with Crippen LogP contribution in [0.3, 0.4) is 0 Å². The average Bonchev–Trinajstić information content (AvgIpc) is 2.95. The summed E-state index contributed by atoms with van der Waals surface area (Å²) in [6.07, 6.45) is 1.51. The molecule has 1 aromatic heterocycles. The maximum Gasteiger partial charge on any atom is 0.293 e. The van der Waals surface area contributed by atoms with E-state index in [1.54, 1.807) is 30.9 Å². The zero-order valence-corrected chi connectivity index (χ0v) is 15.6. The lowest BCUT2D eigenvalue weighted by Gasteiger charge is -2.43. The molecule has 3 rings (SSSR count). The first-order valence-corrected chi connectivity index (χ1v) is 8.68. The van der Waals surface area contributed by atoms with Gasteiger partial charge in [0.15, 0.2) is 0 Å². The van der Waals surface area contributed by atoms with E-state index < -0.39 is 5.60 Å². The summed E-state index contributed by atoms with van der Waals surface area (Å²) in [6.45, 7) is 3.69. The van der Waals surface area contributed by atoms with Gasteiger partial charge in [0, 0.05) is 40.8 Å². The summed E-state index contributed by atoms with van der Waals surface area (Å²) in [4.78, 5) is 34.1. The number of nitrogens with zero attached hydrogens (tertiary/aromatic N) is 6. The van der Waals surface area contributed by atoms with Crippen LogP contribution in [0.2, 0.25) is 0 Å². The smallest absolute Gasteiger partial charge is 0.293 e. The Morgan fingerprint density at radius 2 is 2.08 bits per heavy atom. The Kier molecular flexibility index (Phi) is 5.54. The molecule has 0 aromatic carbocycles. The minimum absolute atomic E-state index is 0.0310. The molecule has 0 N–H and O–H groups in total. The number of amides is 2. The van der Waals surface area contributed by atoms with Crippen molar-refractivity contribution in [2.24, 2.45) is 7.05 Å². The molecule has 2 amide bonds. The van der Waals surface area contributed by atoms with Crippen molar-refractivity contribution in [3.8, 4) is 0 Å². The van der Waals surface area contributed by atoms with E-state index in [2.05, 4.69) is 10.1 Å². The van der Waals surface area contributed by atoms with Gasteiger partial charge in [0.25, 0.3) is 5.91 Å². The number of hydrogen-bond donors (Lipinski definition) is 0. The number of aryl methyl sites for hydroxylation is 1. The molecule has 2 fully saturated rings. The molecule has 1 aromatic rings. The van der Waals surface area contributed by atoms with Crippen molar-refractivity contribution >= 4 is 11.8 Å². The van der Waals surface area contributed by atoms with Crippen LogP contribution in [0.1, 0.15) is 10.6 Å². The monoisotopic (exact) mass is 366 g/mol. The second kappa shape index (κ2) is 7.68. The molecular formula is C16H26N6O4. The number of carbonyl (C=O) groups is 2. The van der Waals surface area contributed by atoms with E-state index in [1.165, 1.54) is 11.0 Å². The van der Waals surface area contributed by atoms with Crippen molar-refractivity contribution in [1.29, 1.82) is 0 Å². The van der Waals surface area contributed by atoms with Gasteiger partial charge < -0.3 is 19.3 Å². The molecule has 2 aliphatic heterocycles. The number of morpholine rings is 1. The summed E-state index contributed by atoms with van der Waals surface area (Å²) in [5, 5.41) is 4.09. The lowest BCUT2D eigenvalue weighted by molar-refractivity contribution is -0.139. The molecule has 1 unspecified atom stereocenters. The van der Waals surface area contributed by atoms with Crippen LogP contribution in [0, 0.1) is 0 Å². The zero-order chi connectivity index (χ0) is 18.7. The van der Waals surface area contributed by atoms with Crippen LogP contribution in [0.15, 0.2) is 6.33 Å². The summed E-state index contributed by atoms with van der Waals surface area (Å²) >= 11 is 0. The third-order valence-electron chi connectivity index (χ3n) is 4.61. The third kappa shape index (κ3) is 4.19. The predicted molar refractivity (Wildman–Crippen MR) is 91.5 cm³/mol. The summed E-state index contributed by atoms with van der Waals surface area (Å²) < 4.78 is 13.3. The summed E-state index contributed by atoms with van der Waals surface area (Å²) in [5.41, 5.74) is -0.647. The van der Waals surface area contributed by atoms with Gasteiger partial charge >= 0.3 is 0 Å². The molecule has 2 aliphatic rings. The van der Waals surface area contributed by atoms with E-state index >= 15 is 0 Å². The van der Waals surface area contributed by atoms with Crippen LogP contribution in [0.25, 0.3) is 0 Å². The van der Waals surface area contributed by atoms with Gasteiger partial charge in [0.1, 0.15) is 11.9 Å². The predicted octanol–water partition coefficient (Wildman–Crippen LogP) is -1.55. The molecule has 10 nitrogen and oxygen atoms in total. The highest BCUT2D eigenvalue weighted by Crippen LogP contribution is 2.23. The Hall–Kier alpha value is -2.04. The van der Waals surface area contributed by atoms with Crippen LogP contribution >= 0.6 is 0 Å². The van der Waals surface area contributed by atoms with Gasteiger partial charge in [-0.05, 0) is 0 Å². The normalized spacial score (nSPS) is 24.5. The fourth-order valence-corrected chi connectivity index (χ4v) is 3.23. The van der Waals surface area contributed by atoms with Gasteiger partial charge in [0.05, 0.1) is 32.9 Å². The molecule has 0 radical (unpaired) electrons. The van der Waals surface area contributed by atoms with Crippen molar-refractivity contribution in [2.45, 2.75) is 5.60 Å². The number of aromatic nitrogens is 3. The molecule has 10 heteroatoms. The van der Waals surface area contributed by atoms with E-state index in [-0.39, 0.29) is 17.6 Å². The lowest BCUT2D eigenvalue weighted by atomic mass is 10.0. The minimum atomic E-state index is -0.647. The van der Waals surface area contributed by atoms with Crippen LogP contribution in [0.5, 0.6) is 0 Å². The fraction of sp³-hybridized carbons (Fsp3) is 0.750. The Morgan fingerprint density at radius 3 is 2.77 bits per heavy atom. The van der Waals surface area contributed by atoms with Crippen LogP contribution in [-0.4, -0.2) is 114 Å². The van der Waals surface area contributed by atoms with Crippen LogP contribution in [-0.2, 0) is 21.3 Å². The Morgan fingerprint density at radius 1 is 1.27 bits per heavy atom. The molecule has 144 valence electrons. The molecule has 1 spiro atoms. The number of likely N-dealkylation sites (N-methyl/N-ethyl adjacent to an activating group) is 1. The summed E-state index contributed by atoms with van der Waals surface area (Å²) in [6, 6.07) is 0. The minimum Gasteiger partial charge on any atom is -0.377 e. The molecule has 1 atom stereocenters. The fourth-order valence-electron chi connectivity index (χ4n) is 3.23. The molecular weight excluding hydrogens is 340 g/mol. The Labute approximate surface area is 152 Å². The van der Waals surface area contributed by atoms with E-state index in [4.69, 9.17) is 9.47 Å². The quantitative estimate of drug-likeness (QED) is 0.639. The maximum absolute atomic E-state index is 12.7. The van der Waals surface area contributed by atoms with Gasteiger partial charge in [-0.25, -0.2) is 4.98 Å². The molecule has 0 bridgehead atoms. The number of hydrogen-bond acceptors (Lipinski definition) is 7. The first-order valence-electron chi connectivity index (χ1n) is 8.68. The van der Waals surface area contributed by atoms with E-state index in [1.807, 2.05) is 4.90 Å². The second-order valence-electron chi connectivity index (χ2n) is 7.05. The van der Waals surface area contributed by atoms with Gasteiger partial charge in [-0.3, -0.25) is 19.2 Å². The summed E-state index contributed by atoms with van der Waals surface area (Å²) in [7, 11) is 5.21. The van der Waals surface area contributed by atoms with Crippen molar-refractivity contribution in [3.05, 3.63) is 12.2 Å². The molecule has 2 saturated heterocycles. The van der Waals surface area contributed by atoms with Crippen molar-refractivity contribution in [3.63, 3.8) is 0 Å². The van der Waals surface area contributed by atoms with Crippen molar-refractivity contribution < 1.29 is 19.1 Å². The number of rotatable bonds is 3. The Bertz CT molecular complexity index is 663. The number of ether oxygens (including phenoxy) is 2. The lowest BCUT2D eigenvalue weighted by Crippen LogP contribution is -2.60. The highest BCUT2D eigenvalue weighted by atomic mass is 16.5. The van der Waals surface area contributed by atoms with Gasteiger partial charge in [-0.15, -0.1) is 5.10 Å².